The number of thiophene rings is 1. The van der Waals surface area contributed by atoms with Crippen LogP contribution in [0.15, 0.2) is 35.7 Å². The highest BCUT2D eigenvalue weighted by atomic mass is 32.2. The molecule has 1 aliphatic heterocycles. The van der Waals surface area contributed by atoms with Crippen LogP contribution in [-0.2, 0) is 26.0 Å². The van der Waals surface area contributed by atoms with E-state index in [1.807, 2.05) is 5.38 Å². The molecule has 0 radical (unpaired) electrons. The number of aryl methyl sites for hydroxylation is 1. The van der Waals surface area contributed by atoms with Gasteiger partial charge in [0.15, 0.2) is 0 Å². The first-order valence-electron chi connectivity index (χ1n) is 8.67. The van der Waals surface area contributed by atoms with Crippen LogP contribution in [0.2, 0.25) is 0 Å². The summed E-state index contributed by atoms with van der Waals surface area (Å²) in [7, 11) is -3.43. The van der Waals surface area contributed by atoms with Crippen molar-refractivity contribution in [1.82, 2.24) is 5.32 Å². The molecular formula is C18H21N3O5S2. The number of hydrogen-bond acceptors (Lipinski definition) is 6. The Labute approximate surface area is 167 Å². The Balaban J connectivity index is 1.65. The average molecular weight is 424 g/mol. The van der Waals surface area contributed by atoms with Crippen LogP contribution in [-0.4, -0.2) is 44.7 Å². The summed E-state index contributed by atoms with van der Waals surface area (Å²) < 4.78 is 25.3. The maximum absolute atomic E-state index is 12.1. The van der Waals surface area contributed by atoms with Crippen molar-refractivity contribution in [1.29, 1.82) is 0 Å². The van der Waals surface area contributed by atoms with Gasteiger partial charge in [0.25, 0.3) is 0 Å². The van der Waals surface area contributed by atoms with Gasteiger partial charge in [0, 0.05) is 23.7 Å². The zero-order valence-corrected chi connectivity index (χ0v) is 16.8. The summed E-state index contributed by atoms with van der Waals surface area (Å²) in [6, 6.07) is 8.47. The van der Waals surface area contributed by atoms with Crippen molar-refractivity contribution >= 4 is 44.5 Å². The molecule has 2 amide bonds. The van der Waals surface area contributed by atoms with Gasteiger partial charge in [-0.1, -0.05) is 12.1 Å². The van der Waals surface area contributed by atoms with Crippen LogP contribution in [0, 0.1) is 0 Å². The van der Waals surface area contributed by atoms with Crippen molar-refractivity contribution in [2.24, 2.45) is 0 Å². The number of benzene rings is 1. The minimum Gasteiger partial charge on any atom is -0.386 e. The third-order valence-corrected chi connectivity index (χ3v) is 6.51. The number of anilines is 2. The molecule has 150 valence electrons. The van der Waals surface area contributed by atoms with E-state index in [9.17, 15) is 23.1 Å². The van der Waals surface area contributed by atoms with Crippen LogP contribution >= 0.6 is 11.3 Å². The minimum absolute atomic E-state index is 0.0845. The van der Waals surface area contributed by atoms with Crippen molar-refractivity contribution in [3.63, 3.8) is 0 Å². The molecule has 0 saturated heterocycles. The van der Waals surface area contributed by atoms with Gasteiger partial charge >= 0.3 is 11.8 Å². The highest BCUT2D eigenvalue weighted by Gasteiger charge is 2.25. The Kier molecular flexibility index (Phi) is 6.01. The molecule has 10 heteroatoms. The van der Waals surface area contributed by atoms with E-state index < -0.39 is 27.9 Å². The Hall–Kier alpha value is -2.43. The highest BCUT2D eigenvalue weighted by molar-refractivity contribution is 7.92. The normalized spacial score (nSPS) is 14.9. The summed E-state index contributed by atoms with van der Waals surface area (Å²) in [6.45, 7) is 0.295. The fourth-order valence-corrected chi connectivity index (χ4v) is 4.70. The van der Waals surface area contributed by atoms with Crippen LogP contribution in [0.25, 0.3) is 0 Å². The van der Waals surface area contributed by atoms with Crippen LogP contribution < -0.4 is 14.9 Å². The number of sulfonamides is 1. The molecule has 3 N–H and O–H groups in total. The molecule has 0 saturated carbocycles. The second-order valence-electron chi connectivity index (χ2n) is 6.48. The lowest BCUT2D eigenvalue weighted by atomic mass is 10.0. The molecule has 3 rings (SSSR count). The van der Waals surface area contributed by atoms with E-state index in [-0.39, 0.29) is 6.54 Å². The van der Waals surface area contributed by atoms with Gasteiger partial charge in [-0.25, -0.2) is 8.42 Å². The van der Waals surface area contributed by atoms with Crippen molar-refractivity contribution in [3.05, 3.63) is 46.2 Å². The number of rotatable bonds is 5. The van der Waals surface area contributed by atoms with Gasteiger partial charge in [0.1, 0.15) is 6.10 Å². The van der Waals surface area contributed by atoms with Crippen molar-refractivity contribution < 1.29 is 23.1 Å². The lowest BCUT2D eigenvalue weighted by Gasteiger charge is -2.29. The smallest absolute Gasteiger partial charge is 0.313 e. The Morgan fingerprint density at radius 1 is 1.29 bits per heavy atom. The molecule has 8 nitrogen and oxygen atoms in total. The summed E-state index contributed by atoms with van der Waals surface area (Å²) in [6.07, 6.45) is 1.72. The van der Waals surface area contributed by atoms with E-state index >= 15 is 0 Å². The number of amides is 2. The zero-order chi connectivity index (χ0) is 20.3. The zero-order valence-electron chi connectivity index (χ0n) is 15.2. The van der Waals surface area contributed by atoms with Crippen LogP contribution in [0.3, 0.4) is 0 Å². The van der Waals surface area contributed by atoms with Gasteiger partial charge in [-0.3, -0.25) is 13.9 Å². The quantitative estimate of drug-likeness (QED) is 0.626. The Morgan fingerprint density at radius 3 is 2.75 bits per heavy atom. The molecule has 1 unspecified atom stereocenters. The predicted octanol–water partition coefficient (Wildman–Crippen LogP) is 1.25. The Morgan fingerprint density at radius 2 is 2.07 bits per heavy atom. The number of fused-ring (bicyclic) bond motifs is 1. The summed E-state index contributed by atoms with van der Waals surface area (Å²) in [5.41, 5.74) is 1.71. The van der Waals surface area contributed by atoms with Gasteiger partial charge < -0.3 is 15.7 Å². The number of carbonyl (C=O) groups is 2. The predicted molar refractivity (Wildman–Crippen MR) is 108 cm³/mol. The molecule has 2 aromatic rings. The molecule has 0 spiro atoms. The largest absolute Gasteiger partial charge is 0.386 e. The van der Waals surface area contributed by atoms with Gasteiger partial charge in [-0.15, -0.1) is 11.3 Å². The molecule has 0 bridgehead atoms. The lowest BCUT2D eigenvalue weighted by Crippen LogP contribution is -2.38. The monoisotopic (exact) mass is 423 g/mol. The van der Waals surface area contributed by atoms with E-state index in [1.54, 1.807) is 30.3 Å². The molecule has 0 fully saturated rings. The molecule has 0 aliphatic carbocycles. The number of carbonyl (C=O) groups excluding carboxylic acids is 2. The van der Waals surface area contributed by atoms with Crippen LogP contribution in [0.5, 0.6) is 0 Å². The standard InChI is InChI=1S/C18H21N3O5S2/c1-28(25,26)21-8-2-4-12-6-7-13(10-14(12)21)20-18(24)17(23)19-11-15(22)16-5-3-9-27-16/h3,5-7,9-10,15,22H,2,4,8,11H2,1H3,(H,19,23)(H,20,24). The maximum atomic E-state index is 12.1. The first kappa shape index (κ1) is 20.3. The molecule has 2 heterocycles. The molecule has 28 heavy (non-hydrogen) atoms. The van der Waals surface area contributed by atoms with Crippen LogP contribution in [0.4, 0.5) is 11.4 Å². The average Bonchev–Trinajstić information content (AvgIpc) is 3.19. The van der Waals surface area contributed by atoms with Gasteiger partial charge in [0.2, 0.25) is 10.0 Å². The topological polar surface area (TPSA) is 116 Å². The maximum Gasteiger partial charge on any atom is 0.313 e. The lowest BCUT2D eigenvalue weighted by molar-refractivity contribution is -0.136. The molecule has 1 aromatic heterocycles. The Bertz CT molecular complexity index is 973. The summed E-state index contributed by atoms with van der Waals surface area (Å²) >= 11 is 1.35. The number of nitrogens with zero attached hydrogens (tertiary/aromatic N) is 1. The first-order chi connectivity index (χ1) is 13.3. The number of aliphatic hydroxyl groups is 1. The van der Waals surface area contributed by atoms with Crippen molar-refractivity contribution in [2.75, 3.05) is 29.0 Å². The van der Waals surface area contributed by atoms with Gasteiger partial charge in [0.05, 0.1) is 11.9 Å². The number of nitrogens with one attached hydrogen (secondary N) is 2. The third kappa shape index (κ3) is 4.70. The SMILES string of the molecule is CS(=O)(=O)N1CCCc2ccc(NC(=O)C(=O)NCC(O)c3cccs3)cc21. The third-order valence-electron chi connectivity index (χ3n) is 4.35. The highest BCUT2D eigenvalue weighted by Crippen LogP contribution is 2.31. The molecular weight excluding hydrogens is 402 g/mol. The number of hydrogen-bond donors (Lipinski definition) is 3. The van der Waals surface area contributed by atoms with E-state index in [4.69, 9.17) is 0 Å². The fourth-order valence-electron chi connectivity index (χ4n) is 3.00. The first-order valence-corrected chi connectivity index (χ1v) is 11.4. The summed E-state index contributed by atoms with van der Waals surface area (Å²) in [5.74, 6) is -1.77. The summed E-state index contributed by atoms with van der Waals surface area (Å²) in [5, 5.41) is 16.6. The van der Waals surface area contributed by atoms with Crippen LogP contribution in [0.1, 0.15) is 23.0 Å². The fraction of sp³-hybridized carbons (Fsp3) is 0.333. The minimum atomic E-state index is -3.43. The van der Waals surface area contributed by atoms with Gasteiger partial charge in [-0.05, 0) is 42.0 Å². The van der Waals surface area contributed by atoms with E-state index in [1.165, 1.54) is 15.6 Å². The summed E-state index contributed by atoms with van der Waals surface area (Å²) in [4.78, 5) is 24.8. The van der Waals surface area contributed by atoms with E-state index in [0.29, 0.717) is 22.8 Å². The van der Waals surface area contributed by atoms with Crippen molar-refractivity contribution in [3.8, 4) is 0 Å². The van der Waals surface area contributed by atoms with E-state index in [2.05, 4.69) is 10.6 Å². The molecule has 1 aliphatic rings. The second-order valence-corrected chi connectivity index (χ2v) is 9.36. The van der Waals surface area contributed by atoms with Crippen molar-refractivity contribution in [2.45, 2.75) is 18.9 Å². The molecule has 1 atom stereocenters. The second kappa shape index (κ2) is 8.29. The number of aliphatic hydroxyl groups excluding tert-OH is 1. The van der Waals surface area contributed by atoms with E-state index in [0.717, 1.165) is 24.7 Å². The molecule has 1 aromatic carbocycles. The van der Waals surface area contributed by atoms with Gasteiger partial charge in [-0.2, -0.15) is 0 Å².